The zero-order valence-electron chi connectivity index (χ0n) is 12.3. The lowest BCUT2D eigenvalue weighted by Crippen LogP contribution is -2.38. The molecule has 0 fully saturated rings. The summed E-state index contributed by atoms with van der Waals surface area (Å²) < 4.78 is 1.73. The van der Waals surface area contributed by atoms with Crippen molar-refractivity contribution in [2.24, 2.45) is 5.41 Å². The molecule has 4 nitrogen and oxygen atoms in total. The number of aryl methyl sites for hydroxylation is 2. The van der Waals surface area contributed by atoms with E-state index in [2.05, 4.69) is 24.3 Å². The van der Waals surface area contributed by atoms with E-state index in [-0.39, 0.29) is 11.3 Å². The van der Waals surface area contributed by atoms with E-state index in [4.69, 9.17) is 11.6 Å². The van der Waals surface area contributed by atoms with Crippen molar-refractivity contribution in [2.45, 2.75) is 47.1 Å². The van der Waals surface area contributed by atoms with Gasteiger partial charge >= 0.3 is 0 Å². The molecule has 0 bridgehead atoms. The maximum absolute atomic E-state index is 12.2. The predicted octanol–water partition coefficient (Wildman–Crippen LogP) is 2.99. The van der Waals surface area contributed by atoms with E-state index in [1.165, 1.54) is 0 Å². The summed E-state index contributed by atoms with van der Waals surface area (Å²) in [7, 11) is 0. The average molecular weight is 286 g/mol. The number of nitrogens with one attached hydrogen (secondary N) is 1. The molecule has 0 atom stereocenters. The Balaban J connectivity index is 2.74. The quantitative estimate of drug-likeness (QED) is 0.783. The van der Waals surface area contributed by atoms with Crippen LogP contribution in [-0.2, 0) is 6.54 Å². The number of hydrogen-bond acceptors (Lipinski definition) is 2. The van der Waals surface area contributed by atoms with Crippen LogP contribution in [0.25, 0.3) is 0 Å². The van der Waals surface area contributed by atoms with Crippen molar-refractivity contribution in [1.29, 1.82) is 0 Å². The van der Waals surface area contributed by atoms with Crippen LogP contribution < -0.4 is 5.32 Å². The first kappa shape index (κ1) is 16.0. The van der Waals surface area contributed by atoms with Crippen molar-refractivity contribution in [3.63, 3.8) is 0 Å². The third-order valence-corrected chi connectivity index (χ3v) is 4.41. The molecule has 1 rings (SSSR count). The van der Waals surface area contributed by atoms with Gasteiger partial charge in [-0.1, -0.05) is 13.8 Å². The van der Waals surface area contributed by atoms with E-state index in [0.717, 1.165) is 18.5 Å². The normalized spacial score (nSPS) is 11.6. The first-order chi connectivity index (χ1) is 9.01. The standard InChI is InChI=1S/C14H24ClN3O/c1-5-14(6-2,9-15)10-16-13(19)12-8-11(4)17-18(12)7-3/h8H,5-7,9-10H2,1-4H3,(H,16,19). The Kier molecular flexibility index (Phi) is 5.85. The van der Waals surface area contributed by atoms with E-state index in [0.29, 0.717) is 24.7 Å². The lowest BCUT2D eigenvalue weighted by molar-refractivity contribution is 0.0921. The highest BCUT2D eigenvalue weighted by molar-refractivity contribution is 6.18. The summed E-state index contributed by atoms with van der Waals surface area (Å²) in [5, 5.41) is 7.28. The van der Waals surface area contributed by atoms with Crippen LogP contribution in [0.5, 0.6) is 0 Å². The van der Waals surface area contributed by atoms with Gasteiger partial charge in [0.25, 0.3) is 5.91 Å². The number of rotatable bonds is 7. The SMILES string of the molecule is CCn1nc(C)cc1C(=O)NCC(CC)(CC)CCl. The van der Waals surface area contributed by atoms with Gasteiger partial charge < -0.3 is 5.32 Å². The van der Waals surface area contributed by atoms with E-state index >= 15 is 0 Å². The van der Waals surface area contributed by atoms with Crippen molar-refractivity contribution in [3.05, 3.63) is 17.5 Å². The Bertz CT molecular complexity index is 416. The van der Waals surface area contributed by atoms with E-state index in [9.17, 15) is 4.79 Å². The second-order valence-electron chi connectivity index (χ2n) is 5.01. The molecule has 0 aliphatic rings. The molecular formula is C14H24ClN3O. The smallest absolute Gasteiger partial charge is 0.269 e. The number of carbonyl (C=O) groups excluding carboxylic acids is 1. The highest BCUT2D eigenvalue weighted by Gasteiger charge is 2.26. The van der Waals surface area contributed by atoms with Crippen molar-refractivity contribution >= 4 is 17.5 Å². The van der Waals surface area contributed by atoms with Crippen molar-refractivity contribution < 1.29 is 4.79 Å². The number of alkyl halides is 1. The second kappa shape index (κ2) is 6.94. The van der Waals surface area contributed by atoms with E-state index in [1.807, 2.05) is 19.9 Å². The number of carbonyl (C=O) groups is 1. The van der Waals surface area contributed by atoms with E-state index in [1.54, 1.807) is 4.68 Å². The summed E-state index contributed by atoms with van der Waals surface area (Å²) in [5.41, 5.74) is 1.47. The monoisotopic (exact) mass is 285 g/mol. The first-order valence-electron chi connectivity index (χ1n) is 6.90. The molecule has 19 heavy (non-hydrogen) atoms. The minimum absolute atomic E-state index is 0.0106. The van der Waals surface area contributed by atoms with Crippen LogP contribution in [0.15, 0.2) is 6.07 Å². The molecule has 0 spiro atoms. The summed E-state index contributed by atoms with van der Waals surface area (Å²) in [4.78, 5) is 12.2. The van der Waals surface area contributed by atoms with Gasteiger partial charge in [-0.25, -0.2) is 0 Å². The van der Waals surface area contributed by atoms with Gasteiger partial charge in [-0.05, 0) is 32.8 Å². The largest absolute Gasteiger partial charge is 0.350 e. The summed E-state index contributed by atoms with van der Waals surface area (Å²) in [6.45, 7) is 9.39. The lowest BCUT2D eigenvalue weighted by Gasteiger charge is -2.29. The molecule has 1 aromatic rings. The van der Waals surface area contributed by atoms with E-state index < -0.39 is 0 Å². The number of aromatic nitrogens is 2. The third-order valence-electron chi connectivity index (χ3n) is 3.84. The third kappa shape index (κ3) is 3.72. The number of nitrogens with zero attached hydrogens (tertiary/aromatic N) is 2. The van der Waals surface area contributed by atoms with Crippen LogP contribution in [0.2, 0.25) is 0 Å². The fraction of sp³-hybridized carbons (Fsp3) is 0.714. The maximum atomic E-state index is 12.2. The van der Waals surface area contributed by atoms with Gasteiger partial charge in [0.1, 0.15) is 5.69 Å². The number of halogens is 1. The highest BCUT2D eigenvalue weighted by Crippen LogP contribution is 2.27. The zero-order valence-corrected chi connectivity index (χ0v) is 13.0. The highest BCUT2D eigenvalue weighted by atomic mass is 35.5. The Morgan fingerprint density at radius 1 is 1.42 bits per heavy atom. The molecule has 1 N–H and O–H groups in total. The molecule has 0 saturated heterocycles. The minimum atomic E-state index is -0.0705. The van der Waals surface area contributed by atoms with Crippen molar-refractivity contribution in [3.8, 4) is 0 Å². The second-order valence-corrected chi connectivity index (χ2v) is 5.28. The average Bonchev–Trinajstić information content (AvgIpc) is 2.82. The molecule has 1 heterocycles. The fourth-order valence-corrected chi connectivity index (χ4v) is 2.54. The zero-order chi connectivity index (χ0) is 14.5. The molecule has 0 radical (unpaired) electrons. The maximum Gasteiger partial charge on any atom is 0.269 e. The molecule has 0 aliphatic heterocycles. The van der Waals surface area contributed by atoms with Gasteiger partial charge in [-0.15, -0.1) is 11.6 Å². The molecule has 0 unspecified atom stereocenters. The molecule has 108 valence electrons. The van der Waals surface area contributed by atoms with Crippen LogP contribution in [0.3, 0.4) is 0 Å². The topological polar surface area (TPSA) is 46.9 Å². The van der Waals surface area contributed by atoms with Crippen molar-refractivity contribution in [2.75, 3.05) is 12.4 Å². The van der Waals surface area contributed by atoms with Crippen LogP contribution in [-0.4, -0.2) is 28.1 Å². The number of amides is 1. The van der Waals surface area contributed by atoms with Crippen LogP contribution in [0.1, 0.15) is 49.8 Å². The Hall–Kier alpha value is -1.03. The number of hydrogen-bond donors (Lipinski definition) is 1. The minimum Gasteiger partial charge on any atom is -0.350 e. The Morgan fingerprint density at radius 2 is 2.05 bits per heavy atom. The van der Waals surface area contributed by atoms with Crippen LogP contribution in [0.4, 0.5) is 0 Å². The van der Waals surface area contributed by atoms with Crippen molar-refractivity contribution in [1.82, 2.24) is 15.1 Å². The van der Waals surface area contributed by atoms with Gasteiger partial charge in [0.2, 0.25) is 0 Å². The molecule has 1 aromatic heterocycles. The molecule has 0 saturated carbocycles. The summed E-state index contributed by atoms with van der Waals surface area (Å²) in [6, 6.07) is 1.82. The molecular weight excluding hydrogens is 262 g/mol. The van der Waals surface area contributed by atoms with Gasteiger partial charge in [-0.3, -0.25) is 9.48 Å². The van der Waals surface area contributed by atoms with Crippen LogP contribution >= 0.6 is 11.6 Å². The van der Waals surface area contributed by atoms with Gasteiger partial charge in [0, 0.05) is 24.4 Å². The fourth-order valence-electron chi connectivity index (χ4n) is 2.06. The molecule has 0 aromatic carbocycles. The predicted molar refractivity (Wildman–Crippen MR) is 78.7 cm³/mol. The molecule has 5 heteroatoms. The van der Waals surface area contributed by atoms with Gasteiger partial charge in [0.15, 0.2) is 0 Å². The first-order valence-corrected chi connectivity index (χ1v) is 7.44. The summed E-state index contributed by atoms with van der Waals surface area (Å²) >= 11 is 6.05. The lowest BCUT2D eigenvalue weighted by atomic mass is 9.84. The van der Waals surface area contributed by atoms with Gasteiger partial charge in [0.05, 0.1) is 5.69 Å². The molecule has 0 aliphatic carbocycles. The Morgan fingerprint density at radius 3 is 2.53 bits per heavy atom. The summed E-state index contributed by atoms with van der Waals surface area (Å²) in [6.07, 6.45) is 1.92. The van der Waals surface area contributed by atoms with Crippen LogP contribution in [0, 0.1) is 12.3 Å². The molecule has 1 amide bonds. The Labute approximate surface area is 120 Å². The van der Waals surface area contributed by atoms with Gasteiger partial charge in [-0.2, -0.15) is 5.10 Å². The summed E-state index contributed by atoms with van der Waals surface area (Å²) in [5.74, 6) is 0.491.